The molecule has 0 radical (unpaired) electrons. The van der Waals surface area contributed by atoms with E-state index in [1.807, 2.05) is 12.1 Å². The molecule has 1 N–H and O–H groups in total. The van der Waals surface area contributed by atoms with Crippen LogP contribution in [0.4, 0.5) is 0 Å². The van der Waals surface area contributed by atoms with Gasteiger partial charge in [-0.2, -0.15) is 0 Å². The molecule has 1 fully saturated rings. The second-order valence-electron chi connectivity index (χ2n) is 7.58. The smallest absolute Gasteiger partial charge is 0.175 e. The Labute approximate surface area is 171 Å². The molecule has 2 aromatic carbocycles. The molecule has 0 aromatic heterocycles. The summed E-state index contributed by atoms with van der Waals surface area (Å²) in [6, 6.07) is 13.8. The van der Waals surface area contributed by atoms with Crippen LogP contribution in [0.1, 0.15) is 18.6 Å². The third-order valence-electron chi connectivity index (χ3n) is 5.22. The highest BCUT2D eigenvalue weighted by Gasteiger charge is 2.31. The Morgan fingerprint density at radius 2 is 1.93 bits per heavy atom. The fourth-order valence-corrected chi connectivity index (χ4v) is 4.39. The van der Waals surface area contributed by atoms with Crippen molar-refractivity contribution < 1.29 is 18.3 Å². The normalized spacial score (nSPS) is 21.6. The molecule has 0 aliphatic carbocycles. The first-order valence-corrected chi connectivity index (χ1v) is 11.6. The van der Waals surface area contributed by atoms with Crippen molar-refractivity contribution in [3.63, 3.8) is 0 Å². The van der Waals surface area contributed by atoms with Crippen LogP contribution in [0.2, 0.25) is 5.02 Å². The van der Waals surface area contributed by atoms with Gasteiger partial charge in [-0.25, -0.2) is 8.42 Å². The van der Waals surface area contributed by atoms with Crippen LogP contribution in [0.3, 0.4) is 0 Å². The highest BCUT2D eigenvalue weighted by molar-refractivity contribution is 7.90. The number of nitrogens with zero attached hydrogens (tertiary/aromatic N) is 1. The average Bonchev–Trinajstić information content (AvgIpc) is 2.98. The predicted octanol–water partition coefficient (Wildman–Crippen LogP) is 3.42. The fraction of sp³-hybridized carbons (Fsp3) is 0.429. The molecule has 7 heteroatoms. The quantitative estimate of drug-likeness (QED) is 0.739. The highest BCUT2D eigenvalue weighted by atomic mass is 35.5. The number of benzene rings is 2. The van der Waals surface area contributed by atoms with Crippen molar-refractivity contribution in [2.45, 2.75) is 17.9 Å². The van der Waals surface area contributed by atoms with E-state index in [1.165, 1.54) is 6.26 Å². The van der Waals surface area contributed by atoms with E-state index in [9.17, 15) is 13.5 Å². The minimum absolute atomic E-state index is 0.287. The first-order chi connectivity index (χ1) is 13.2. The van der Waals surface area contributed by atoms with Gasteiger partial charge in [0.25, 0.3) is 0 Å². The summed E-state index contributed by atoms with van der Waals surface area (Å²) in [6.45, 7) is 5.05. The van der Waals surface area contributed by atoms with Gasteiger partial charge >= 0.3 is 0 Å². The maximum atomic E-state index is 11.5. The summed E-state index contributed by atoms with van der Waals surface area (Å²) in [6.07, 6.45) is 0.615. The van der Waals surface area contributed by atoms with Gasteiger partial charge in [0, 0.05) is 36.8 Å². The van der Waals surface area contributed by atoms with E-state index in [0.717, 1.165) is 18.7 Å². The largest absolute Gasteiger partial charge is 0.493 e. The monoisotopic (exact) mass is 423 g/mol. The lowest BCUT2D eigenvalue weighted by atomic mass is 9.99. The topological polar surface area (TPSA) is 66.8 Å². The van der Waals surface area contributed by atoms with E-state index >= 15 is 0 Å². The zero-order valence-electron chi connectivity index (χ0n) is 16.1. The van der Waals surface area contributed by atoms with Crippen LogP contribution in [0.15, 0.2) is 53.4 Å². The molecule has 5 nitrogen and oxygen atoms in total. The molecule has 0 amide bonds. The summed E-state index contributed by atoms with van der Waals surface area (Å²) < 4.78 is 28.9. The van der Waals surface area contributed by atoms with Crippen LogP contribution < -0.4 is 4.74 Å². The lowest BCUT2D eigenvalue weighted by Gasteiger charge is -2.20. The molecule has 0 bridgehead atoms. The molecule has 28 heavy (non-hydrogen) atoms. The van der Waals surface area contributed by atoms with Gasteiger partial charge in [-0.1, -0.05) is 30.7 Å². The Morgan fingerprint density at radius 3 is 2.57 bits per heavy atom. The summed E-state index contributed by atoms with van der Waals surface area (Å²) in [4.78, 5) is 2.53. The lowest BCUT2D eigenvalue weighted by Crippen LogP contribution is -2.27. The van der Waals surface area contributed by atoms with E-state index < -0.39 is 15.9 Å². The molecule has 0 saturated carbocycles. The predicted molar refractivity (Wildman–Crippen MR) is 111 cm³/mol. The summed E-state index contributed by atoms with van der Waals surface area (Å²) in [5.41, 5.74) is 0.825. The molecular weight excluding hydrogens is 398 g/mol. The number of halogens is 1. The van der Waals surface area contributed by atoms with Crippen LogP contribution in [0, 0.1) is 11.8 Å². The van der Waals surface area contributed by atoms with Crippen LogP contribution >= 0.6 is 11.6 Å². The van der Waals surface area contributed by atoms with Gasteiger partial charge in [0.15, 0.2) is 9.84 Å². The second-order valence-corrected chi connectivity index (χ2v) is 10.0. The summed E-state index contributed by atoms with van der Waals surface area (Å²) >= 11 is 6.01. The van der Waals surface area contributed by atoms with Crippen molar-refractivity contribution in [1.29, 1.82) is 0 Å². The molecule has 1 aliphatic rings. The third kappa shape index (κ3) is 5.47. The van der Waals surface area contributed by atoms with Crippen LogP contribution in [-0.2, 0) is 9.84 Å². The third-order valence-corrected chi connectivity index (χ3v) is 6.59. The molecule has 3 atom stereocenters. The van der Waals surface area contributed by atoms with Gasteiger partial charge in [-0.3, -0.25) is 4.90 Å². The zero-order chi connectivity index (χ0) is 20.3. The Balaban J connectivity index is 1.52. The molecule has 2 aromatic rings. The maximum Gasteiger partial charge on any atom is 0.175 e. The zero-order valence-corrected chi connectivity index (χ0v) is 17.7. The summed E-state index contributed by atoms with van der Waals surface area (Å²) in [5.74, 6) is 1.46. The van der Waals surface area contributed by atoms with Crippen molar-refractivity contribution >= 4 is 21.4 Å². The van der Waals surface area contributed by atoms with E-state index in [2.05, 4.69) is 11.8 Å². The van der Waals surface area contributed by atoms with Gasteiger partial charge in [0.2, 0.25) is 0 Å². The van der Waals surface area contributed by atoms with Crippen LogP contribution in [0.25, 0.3) is 0 Å². The molecule has 1 aliphatic heterocycles. The fourth-order valence-electron chi connectivity index (χ4n) is 3.56. The van der Waals surface area contributed by atoms with E-state index in [-0.39, 0.29) is 4.90 Å². The summed E-state index contributed by atoms with van der Waals surface area (Å²) in [5, 5.41) is 11.1. The van der Waals surface area contributed by atoms with Crippen molar-refractivity contribution in [2.24, 2.45) is 11.8 Å². The molecule has 3 rings (SSSR count). The van der Waals surface area contributed by atoms with Crippen LogP contribution in [0.5, 0.6) is 5.75 Å². The number of rotatable bonds is 7. The first-order valence-electron chi connectivity index (χ1n) is 9.31. The number of hydrogen-bond donors (Lipinski definition) is 1. The molecule has 1 saturated heterocycles. The minimum atomic E-state index is -3.20. The standard InChI is InChI=1S/C21H26ClNO4S/c1-15-11-23(13-21(24)16-4-3-5-18(22)10-16)12-17(15)14-27-19-6-8-20(9-7-19)28(2,25)26/h3-10,15,17,21,24H,11-14H2,1-2H3. The maximum absolute atomic E-state index is 11.5. The summed E-state index contributed by atoms with van der Waals surface area (Å²) in [7, 11) is -3.20. The number of likely N-dealkylation sites (tertiary alicyclic amines) is 1. The molecule has 3 unspecified atom stereocenters. The average molecular weight is 424 g/mol. The Morgan fingerprint density at radius 1 is 1.21 bits per heavy atom. The number of hydrogen-bond acceptors (Lipinski definition) is 5. The van der Waals surface area contributed by atoms with Gasteiger partial charge in [-0.05, 0) is 47.9 Å². The van der Waals surface area contributed by atoms with Crippen molar-refractivity contribution in [1.82, 2.24) is 4.90 Å². The van der Waals surface area contributed by atoms with E-state index in [0.29, 0.717) is 35.8 Å². The number of sulfone groups is 1. The van der Waals surface area contributed by atoms with Crippen molar-refractivity contribution in [2.75, 3.05) is 32.5 Å². The minimum Gasteiger partial charge on any atom is -0.493 e. The number of ether oxygens (including phenoxy) is 1. The Bertz CT molecular complexity index is 901. The van der Waals surface area contributed by atoms with Gasteiger partial charge in [-0.15, -0.1) is 0 Å². The van der Waals surface area contributed by atoms with Crippen molar-refractivity contribution in [3.05, 3.63) is 59.1 Å². The van der Waals surface area contributed by atoms with Crippen LogP contribution in [-0.4, -0.2) is 50.9 Å². The SMILES string of the molecule is CC1CN(CC(O)c2cccc(Cl)c2)CC1COc1ccc(S(C)(=O)=O)cc1. The van der Waals surface area contributed by atoms with Gasteiger partial charge < -0.3 is 9.84 Å². The van der Waals surface area contributed by atoms with Gasteiger partial charge in [0.1, 0.15) is 5.75 Å². The van der Waals surface area contributed by atoms with Gasteiger partial charge in [0.05, 0.1) is 17.6 Å². The number of β-amino-alcohol motifs (C(OH)–C–C–N with tert-alkyl or cyclic N) is 1. The molecule has 1 heterocycles. The molecule has 152 valence electrons. The molecule has 0 spiro atoms. The van der Waals surface area contributed by atoms with Crippen molar-refractivity contribution in [3.8, 4) is 5.75 Å². The highest BCUT2D eigenvalue weighted by Crippen LogP contribution is 2.27. The number of aliphatic hydroxyl groups excluding tert-OH is 1. The Hall–Kier alpha value is -1.60. The Kier molecular flexibility index (Phi) is 6.65. The number of aliphatic hydroxyl groups is 1. The first kappa shape index (κ1) is 21.1. The van der Waals surface area contributed by atoms with E-state index in [4.69, 9.17) is 16.3 Å². The second kappa shape index (κ2) is 8.82. The van der Waals surface area contributed by atoms with E-state index in [1.54, 1.807) is 36.4 Å². The lowest BCUT2D eigenvalue weighted by molar-refractivity contribution is 0.121. The molecular formula is C21H26ClNO4S.